The van der Waals surface area contributed by atoms with E-state index in [4.69, 9.17) is 0 Å². The van der Waals surface area contributed by atoms with Crippen molar-refractivity contribution >= 4 is 17.3 Å². The van der Waals surface area contributed by atoms with Gasteiger partial charge in [-0.25, -0.2) is 9.18 Å². The van der Waals surface area contributed by atoms with E-state index in [-0.39, 0.29) is 16.7 Å². The summed E-state index contributed by atoms with van der Waals surface area (Å²) in [6, 6.07) is 7.48. The molecule has 0 atom stereocenters. The summed E-state index contributed by atoms with van der Waals surface area (Å²) in [5, 5.41) is 12.1. The smallest absolute Gasteiger partial charge is 0.339 e. The molecule has 0 aliphatic rings. The highest BCUT2D eigenvalue weighted by molar-refractivity contribution is 5.94. The van der Waals surface area contributed by atoms with Crippen LogP contribution in [-0.4, -0.2) is 21.0 Å². The lowest BCUT2D eigenvalue weighted by Crippen LogP contribution is -2.11. The number of aromatic carboxylic acids is 1. The topological polar surface area (TPSA) is 95.1 Å². The van der Waals surface area contributed by atoms with Crippen LogP contribution >= 0.6 is 0 Å². The minimum Gasteiger partial charge on any atom is -0.478 e. The van der Waals surface area contributed by atoms with Crippen LogP contribution in [0.3, 0.4) is 0 Å². The Morgan fingerprint density at radius 3 is 2.80 bits per heavy atom. The molecule has 7 heteroatoms. The fourth-order valence-corrected chi connectivity index (χ4v) is 2.43. The van der Waals surface area contributed by atoms with Gasteiger partial charge in [0.1, 0.15) is 11.4 Å². The Morgan fingerprint density at radius 1 is 1.24 bits per heavy atom. The van der Waals surface area contributed by atoms with Crippen molar-refractivity contribution in [2.75, 3.05) is 5.32 Å². The quantitative estimate of drug-likeness (QED) is 0.678. The molecule has 3 aromatic rings. The van der Waals surface area contributed by atoms with Gasteiger partial charge in [-0.1, -0.05) is 11.6 Å². The van der Waals surface area contributed by atoms with Crippen molar-refractivity contribution in [3.63, 3.8) is 0 Å². The monoisotopic (exact) mass is 339 g/mol. The number of halogens is 1. The molecule has 0 radical (unpaired) electrons. The van der Waals surface area contributed by atoms with Gasteiger partial charge in [-0.2, -0.15) is 0 Å². The molecule has 3 rings (SSSR count). The molecule has 25 heavy (non-hydrogen) atoms. The van der Waals surface area contributed by atoms with Gasteiger partial charge in [0.2, 0.25) is 0 Å². The van der Waals surface area contributed by atoms with E-state index in [1.54, 1.807) is 19.1 Å². The maximum absolute atomic E-state index is 14.1. The number of carboxylic acid groups (broad SMARTS) is 1. The third-order valence-corrected chi connectivity index (χ3v) is 3.65. The van der Waals surface area contributed by atoms with E-state index in [0.717, 1.165) is 5.56 Å². The molecule has 0 aliphatic carbocycles. The van der Waals surface area contributed by atoms with Gasteiger partial charge in [0.25, 0.3) is 5.56 Å². The highest BCUT2D eigenvalue weighted by Crippen LogP contribution is 2.25. The lowest BCUT2D eigenvalue weighted by molar-refractivity contribution is 0.0697. The molecule has 0 aliphatic heterocycles. The molecule has 3 N–H and O–H groups in total. The van der Waals surface area contributed by atoms with Gasteiger partial charge in [0.15, 0.2) is 0 Å². The zero-order chi connectivity index (χ0) is 18.0. The standard InChI is InChI=1S/C18H14FN3O3/c1-10-2-3-15(19)12(6-10)13-7-11(8-21-17(13)23)22-16-4-5-20-9-14(16)18(24)25/h2-9H,1H3,(H,20,22)(H,21,23)(H,24,25). The van der Waals surface area contributed by atoms with E-state index < -0.39 is 17.3 Å². The number of benzene rings is 1. The summed E-state index contributed by atoms with van der Waals surface area (Å²) >= 11 is 0. The highest BCUT2D eigenvalue weighted by atomic mass is 19.1. The molecule has 0 saturated carbocycles. The van der Waals surface area contributed by atoms with Gasteiger partial charge in [-0.15, -0.1) is 0 Å². The number of anilines is 2. The van der Waals surface area contributed by atoms with Crippen LogP contribution in [0.25, 0.3) is 11.1 Å². The lowest BCUT2D eigenvalue weighted by atomic mass is 10.0. The molecule has 0 bridgehead atoms. The minimum atomic E-state index is -1.13. The van der Waals surface area contributed by atoms with Crippen LogP contribution in [0.2, 0.25) is 0 Å². The number of carbonyl (C=O) groups is 1. The molecule has 0 fully saturated rings. The van der Waals surface area contributed by atoms with Crippen LogP contribution in [0.4, 0.5) is 15.8 Å². The van der Waals surface area contributed by atoms with Crippen molar-refractivity contribution < 1.29 is 14.3 Å². The predicted molar refractivity (Wildman–Crippen MR) is 91.7 cm³/mol. The Morgan fingerprint density at radius 2 is 2.04 bits per heavy atom. The van der Waals surface area contributed by atoms with E-state index in [1.807, 2.05) is 0 Å². The first-order chi connectivity index (χ1) is 12.0. The van der Waals surface area contributed by atoms with Crippen LogP contribution < -0.4 is 10.9 Å². The van der Waals surface area contributed by atoms with Gasteiger partial charge in [-0.05, 0) is 31.2 Å². The van der Waals surface area contributed by atoms with E-state index in [2.05, 4.69) is 15.3 Å². The van der Waals surface area contributed by atoms with Gasteiger partial charge >= 0.3 is 5.97 Å². The van der Waals surface area contributed by atoms with Crippen LogP contribution in [0, 0.1) is 12.7 Å². The fourth-order valence-electron chi connectivity index (χ4n) is 2.43. The van der Waals surface area contributed by atoms with Crippen molar-refractivity contribution in [2.45, 2.75) is 6.92 Å². The zero-order valence-electron chi connectivity index (χ0n) is 13.2. The van der Waals surface area contributed by atoms with Crippen molar-refractivity contribution in [3.8, 4) is 11.1 Å². The molecule has 0 amide bonds. The van der Waals surface area contributed by atoms with Gasteiger partial charge in [0, 0.05) is 24.2 Å². The number of aromatic amines is 1. The summed E-state index contributed by atoms with van der Waals surface area (Å²) in [7, 11) is 0. The third kappa shape index (κ3) is 3.40. The molecular weight excluding hydrogens is 325 g/mol. The van der Waals surface area contributed by atoms with Crippen molar-refractivity contribution in [1.82, 2.24) is 9.97 Å². The summed E-state index contributed by atoms with van der Waals surface area (Å²) in [4.78, 5) is 29.7. The Kier molecular flexibility index (Phi) is 4.30. The molecule has 6 nitrogen and oxygen atoms in total. The normalized spacial score (nSPS) is 10.5. The van der Waals surface area contributed by atoms with Crippen molar-refractivity contribution in [1.29, 1.82) is 0 Å². The number of nitrogens with one attached hydrogen (secondary N) is 2. The van der Waals surface area contributed by atoms with E-state index >= 15 is 0 Å². The number of hydrogen-bond acceptors (Lipinski definition) is 4. The molecule has 0 saturated heterocycles. The Labute approximate surface area is 142 Å². The highest BCUT2D eigenvalue weighted by Gasteiger charge is 2.13. The average Bonchev–Trinajstić information content (AvgIpc) is 2.59. The number of aryl methyl sites for hydroxylation is 1. The fraction of sp³-hybridized carbons (Fsp3) is 0.0556. The van der Waals surface area contributed by atoms with Crippen LogP contribution in [0.15, 0.2) is 53.7 Å². The summed E-state index contributed by atoms with van der Waals surface area (Å²) in [5.74, 6) is -1.65. The second-order valence-corrected chi connectivity index (χ2v) is 5.47. The first-order valence-corrected chi connectivity index (χ1v) is 7.39. The second kappa shape index (κ2) is 6.56. The summed E-state index contributed by atoms with van der Waals surface area (Å²) in [6.45, 7) is 1.80. The molecule has 2 heterocycles. The predicted octanol–water partition coefficient (Wildman–Crippen LogP) is 3.33. The average molecular weight is 339 g/mol. The maximum atomic E-state index is 14.1. The number of aromatic nitrogens is 2. The Bertz CT molecular complexity index is 1010. The molecule has 126 valence electrons. The van der Waals surface area contributed by atoms with Gasteiger partial charge < -0.3 is 15.4 Å². The molecule has 0 spiro atoms. The molecule has 0 unspecified atom stereocenters. The zero-order valence-corrected chi connectivity index (χ0v) is 13.2. The van der Waals surface area contributed by atoms with Gasteiger partial charge in [0.05, 0.1) is 16.9 Å². The first kappa shape index (κ1) is 16.4. The Balaban J connectivity index is 2.05. The maximum Gasteiger partial charge on any atom is 0.339 e. The van der Waals surface area contributed by atoms with Crippen LogP contribution in [0.5, 0.6) is 0 Å². The van der Waals surface area contributed by atoms with Crippen molar-refractivity contribution in [3.05, 3.63) is 76.2 Å². The van der Waals surface area contributed by atoms with Gasteiger partial charge in [-0.3, -0.25) is 9.78 Å². The van der Waals surface area contributed by atoms with E-state index in [0.29, 0.717) is 11.4 Å². The van der Waals surface area contributed by atoms with Crippen LogP contribution in [0.1, 0.15) is 15.9 Å². The van der Waals surface area contributed by atoms with Crippen LogP contribution in [-0.2, 0) is 0 Å². The molecular formula is C18H14FN3O3. The van der Waals surface area contributed by atoms with E-state index in [1.165, 1.54) is 36.8 Å². The minimum absolute atomic E-state index is 0.0167. The summed E-state index contributed by atoms with van der Waals surface area (Å²) in [6.07, 6.45) is 4.06. The molecule has 2 aromatic heterocycles. The van der Waals surface area contributed by atoms with E-state index in [9.17, 15) is 19.1 Å². The number of hydrogen-bond donors (Lipinski definition) is 3. The summed E-state index contributed by atoms with van der Waals surface area (Å²) < 4.78 is 14.1. The number of pyridine rings is 2. The number of carboxylic acids is 1. The SMILES string of the molecule is Cc1ccc(F)c(-c2cc(Nc3ccncc3C(=O)O)c[nH]c2=O)c1. The number of H-pyrrole nitrogens is 1. The number of rotatable bonds is 4. The largest absolute Gasteiger partial charge is 0.478 e. The first-order valence-electron chi connectivity index (χ1n) is 7.39. The lowest BCUT2D eigenvalue weighted by Gasteiger charge is -2.11. The molecule has 1 aromatic carbocycles. The third-order valence-electron chi connectivity index (χ3n) is 3.65. The van der Waals surface area contributed by atoms with Crippen molar-refractivity contribution in [2.24, 2.45) is 0 Å². The Hall–Kier alpha value is -3.48. The summed E-state index contributed by atoms with van der Waals surface area (Å²) in [5.41, 5.74) is 1.42. The number of nitrogens with zero attached hydrogens (tertiary/aromatic N) is 1. The second-order valence-electron chi connectivity index (χ2n) is 5.47.